The van der Waals surface area contributed by atoms with Gasteiger partial charge in [-0.15, -0.1) is 0 Å². The van der Waals surface area contributed by atoms with Gasteiger partial charge in [-0.25, -0.2) is 8.78 Å². The molecule has 0 bridgehead atoms. The normalized spacial score (nSPS) is 12.3. The highest BCUT2D eigenvalue weighted by molar-refractivity contribution is 6.36. The molecule has 20 heavy (non-hydrogen) atoms. The Morgan fingerprint density at radius 2 is 1.75 bits per heavy atom. The summed E-state index contributed by atoms with van der Waals surface area (Å²) in [6, 6.07) is 7.05. The molecule has 5 heteroatoms. The van der Waals surface area contributed by atoms with E-state index in [2.05, 4.69) is 5.32 Å². The van der Waals surface area contributed by atoms with Gasteiger partial charge in [0.05, 0.1) is 11.1 Å². The van der Waals surface area contributed by atoms with Crippen LogP contribution in [0.5, 0.6) is 0 Å². The summed E-state index contributed by atoms with van der Waals surface area (Å²) in [6.45, 7) is 3.45. The topological polar surface area (TPSA) is 12.0 Å². The van der Waals surface area contributed by atoms with E-state index in [9.17, 15) is 8.78 Å². The second-order valence-corrected chi connectivity index (χ2v) is 5.32. The van der Waals surface area contributed by atoms with Crippen LogP contribution < -0.4 is 5.32 Å². The van der Waals surface area contributed by atoms with Crippen molar-refractivity contribution >= 4 is 28.9 Å². The molecule has 0 fully saturated rings. The molecule has 1 atom stereocenters. The predicted octanol–water partition coefficient (Wildman–Crippen LogP) is 5.75. The summed E-state index contributed by atoms with van der Waals surface area (Å²) in [7, 11) is 0. The van der Waals surface area contributed by atoms with Gasteiger partial charge >= 0.3 is 0 Å². The lowest BCUT2D eigenvalue weighted by Crippen LogP contribution is -2.10. The first-order valence-electron chi connectivity index (χ1n) is 6.07. The first kappa shape index (κ1) is 15.1. The summed E-state index contributed by atoms with van der Waals surface area (Å²) in [5.74, 6) is -0.839. The highest BCUT2D eigenvalue weighted by atomic mass is 35.5. The van der Waals surface area contributed by atoms with E-state index < -0.39 is 5.82 Å². The highest BCUT2D eigenvalue weighted by Gasteiger charge is 2.18. The number of hydrogen-bond acceptors (Lipinski definition) is 1. The molecule has 0 aromatic heterocycles. The lowest BCUT2D eigenvalue weighted by Gasteiger charge is -2.20. The molecule has 0 aliphatic carbocycles. The van der Waals surface area contributed by atoms with Crippen LogP contribution in [0.4, 0.5) is 14.5 Å². The summed E-state index contributed by atoms with van der Waals surface area (Å²) in [4.78, 5) is 0. The highest BCUT2D eigenvalue weighted by Crippen LogP contribution is 2.34. The Bertz CT molecular complexity index is 644. The van der Waals surface area contributed by atoms with Crippen molar-refractivity contribution in [2.45, 2.75) is 19.9 Å². The number of benzene rings is 2. The van der Waals surface area contributed by atoms with Gasteiger partial charge in [-0.05, 0) is 38.1 Å². The molecule has 0 spiro atoms. The zero-order chi connectivity index (χ0) is 14.9. The first-order valence-corrected chi connectivity index (χ1v) is 6.82. The average molecular weight is 316 g/mol. The standard InChI is InChI=1S/C15H13Cl2F2N/c1-8-11(18)4-3-5-13(8)20-9(2)14-10(16)6-7-12(19)15(14)17/h3-7,9,20H,1-2H3. The molecule has 2 aromatic carbocycles. The van der Waals surface area contributed by atoms with Gasteiger partial charge in [0.25, 0.3) is 0 Å². The fraction of sp³-hybridized carbons (Fsp3) is 0.200. The van der Waals surface area contributed by atoms with E-state index in [4.69, 9.17) is 23.2 Å². The van der Waals surface area contributed by atoms with Crippen LogP contribution in [0.3, 0.4) is 0 Å². The second kappa shape index (κ2) is 5.98. The van der Waals surface area contributed by atoms with Crippen LogP contribution in [0.2, 0.25) is 10.0 Å². The SMILES string of the molecule is Cc1c(F)cccc1NC(C)c1c(Cl)ccc(F)c1Cl. The molecule has 1 N–H and O–H groups in total. The molecule has 0 amide bonds. The van der Waals surface area contributed by atoms with Crippen molar-refractivity contribution in [3.63, 3.8) is 0 Å². The molecular formula is C15H13Cl2F2N. The van der Waals surface area contributed by atoms with Crippen molar-refractivity contribution < 1.29 is 8.78 Å². The summed E-state index contributed by atoms with van der Waals surface area (Å²) in [5, 5.41) is 3.45. The minimum Gasteiger partial charge on any atom is -0.378 e. The van der Waals surface area contributed by atoms with E-state index >= 15 is 0 Å². The van der Waals surface area contributed by atoms with Crippen molar-refractivity contribution in [3.05, 3.63) is 63.1 Å². The third-order valence-corrected chi connectivity index (χ3v) is 3.87. The maximum Gasteiger partial charge on any atom is 0.142 e. The van der Waals surface area contributed by atoms with E-state index in [1.54, 1.807) is 26.0 Å². The van der Waals surface area contributed by atoms with E-state index in [-0.39, 0.29) is 16.9 Å². The smallest absolute Gasteiger partial charge is 0.142 e. The van der Waals surface area contributed by atoms with Crippen LogP contribution in [-0.4, -0.2) is 0 Å². The molecule has 0 heterocycles. The summed E-state index contributed by atoms with van der Waals surface area (Å²) in [5.41, 5.74) is 1.56. The van der Waals surface area contributed by atoms with Crippen molar-refractivity contribution in [1.82, 2.24) is 0 Å². The third kappa shape index (κ3) is 2.89. The summed E-state index contributed by atoms with van der Waals surface area (Å²) >= 11 is 12.0. The Hall–Kier alpha value is -1.32. The molecule has 0 aliphatic heterocycles. The van der Waals surface area contributed by atoms with Gasteiger partial charge in [-0.1, -0.05) is 29.3 Å². The Morgan fingerprint density at radius 1 is 1.05 bits per heavy atom. The molecule has 106 valence electrons. The molecule has 2 aromatic rings. The zero-order valence-electron chi connectivity index (χ0n) is 11.0. The van der Waals surface area contributed by atoms with Gasteiger partial charge in [-0.2, -0.15) is 0 Å². The van der Waals surface area contributed by atoms with Crippen molar-refractivity contribution in [2.75, 3.05) is 5.32 Å². The van der Waals surface area contributed by atoms with E-state index in [1.165, 1.54) is 18.2 Å². The lowest BCUT2D eigenvalue weighted by atomic mass is 10.1. The van der Waals surface area contributed by atoms with Gasteiger partial charge in [-0.3, -0.25) is 0 Å². The van der Waals surface area contributed by atoms with Crippen LogP contribution in [0, 0.1) is 18.6 Å². The summed E-state index contributed by atoms with van der Waals surface area (Å²) in [6.07, 6.45) is 0. The number of anilines is 1. The fourth-order valence-electron chi connectivity index (χ4n) is 2.01. The monoisotopic (exact) mass is 315 g/mol. The fourth-order valence-corrected chi connectivity index (χ4v) is 2.71. The van der Waals surface area contributed by atoms with E-state index in [1.807, 2.05) is 0 Å². The lowest BCUT2D eigenvalue weighted by molar-refractivity contribution is 0.618. The van der Waals surface area contributed by atoms with E-state index in [0.29, 0.717) is 21.8 Å². The van der Waals surface area contributed by atoms with Gasteiger partial charge in [0, 0.05) is 21.8 Å². The molecule has 2 rings (SSSR count). The molecule has 0 radical (unpaired) electrons. The largest absolute Gasteiger partial charge is 0.378 e. The summed E-state index contributed by atoms with van der Waals surface area (Å²) < 4.78 is 27.0. The van der Waals surface area contributed by atoms with Crippen molar-refractivity contribution in [3.8, 4) is 0 Å². The Kier molecular flexibility index (Phi) is 4.51. The number of nitrogens with one attached hydrogen (secondary N) is 1. The van der Waals surface area contributed by atoms with Gasteiger partial charge in [0.2, 0.25) is 0 Å². The quantitative estimate of drug-likeness (QED) is 0.711. The van der Waals surface area contributed by atoms with Crippen LogP contribution in [0.15, 0.2) is 30.3 Å². The molecule has 1 nitrogen and oxygen atoms in total. The Balaban J connectivity index is 2.36. The van der Waals surface area contributed by atoms with E-state index in [0.717, 1.165) is 0 Å². The minimum absolute atomic E-state index is 0.0217. The van der Waals surface area contributed by atoms with Crippen LogP contribution in [0.25, 0.3) is 0 Å². The van der Waals surface area contributed by atoms with Gasteiger partial charge in [0.15, 0.2) is 0 Å². The predicted molar refractivity (Wildman–Crippen MR) is 79.6 cm³/mol. The first-order chi connectivity index (χ1) is 9.41. The molecular weight excluding hydrogens is 303 g/mol. The zero-order valence-corrected chi connectivity index (χ0v) is 12.5. The maximum atomic E-state index is 13.5. The molecule has 1 unspecified atom stereocenters. The van der Waals surface area contributed by atoms with Gasteiger partial charge in [0.1, 0.15) is 11.6 Å². The van der Waals surface area contributed by atoms with Crippen LogP contribution in [0.1, 0.15) is 24.1 Å². The molecule has 0 saturated carbocycles. The van der Waals surface area contributed by atoms with Crippen molar-refractivity contribution in [1.29, 1.82) is 0 Å². The maximum absolute atomic E-state index is 13.5. The minimum atomic E-state index is -0.532. The molecule has 0 aliphatic rings. The third-order valence-electron chi connectivity index (χ3n) is 3.15. The number of hydrogen-bond donors (Lipinski definition) is 1. The van der Waals surface area contributed by atoms with Crippen LogP contribution in [-0.2, 0) is 0 Å². The number of rotatable bonds is 3. The van der Waals surface area contributed by atoms with Crippen LogP contribution >= 0.6 is 23.2 Å². The average Bonchev–Trinajstić information content (AvgIpc) is 2.40. The van der Waals surface area contributed by atoms with Crippen molar-refractivity contribution in [2.24, 2.45) is 0 Å². The Morgan fingerprint density at radius 3 is 2.45 bits per heavy atom. The van der Waals surface area contributed by atoms with Gasteiger partial charge < -0.3 is 5.32 Å². The Labute approximate surface area is 126 Å². The number of halogens is 4. The molecule has 0 saturated heterocycles. The second-order valence-electron chi connectivity index (χ2n) is 4.54.